The predicted molar refractivity (Wildman–Crippen MR) is 46.0 cm³/mol. The molecule has 0 aromatic rings. The topological polar surface area (TPSA) is 125 Å². The molecule has 0 unspecified atom stereocenters. The van der Waals surface area contributed by atoms with Gasteiger partial charge in [-0.3, -0.25) is 11.3 Å². The Labute approximate surface area is 72.2 Å². The average Bonchev–Trinajstić information content (AvgIpc) is 2.17. The van der Waals surface area contributed by atoms with Crippen molar-refractivity contribution in [2.24, 2.45) is 11.6 Å². The third-order valence-electron chi connectivity index (χ3n) is 1.15. The molecular formula is C6H19N3O3. The van der Waals surface area contributed by atoms with E-state index in [0.29, 0.717) is 0 Å². The Morgan fingerprint density at radius 2 is 1.42 bits per heavy atom. The van der Waals surface area contributed by atoms with Crippen molar-refractivity contribution >= 4 is 0 Å². The molecule has 0 radical (unpaired) electrons. The fourth-order valence-electron chi connectivity index (χ4n) is 0.150. The maximum absolute atomic E-state index is 8.34. The van der Waals surface area contributed by atoms with E-state index in [1.807, 2.05) is 6.92 Å². The number of hydrazine groups is 1. The zero-order chi connectivity index (χ0) is 10.0. The second-order valence-corrected chi connectivity index (χ2v) is 2.39. The van der Waals surface area contributed by atoms with Crippen LogP contribution in [-0.4, -0.2) is 47.2 Å². The lowest BCUT2D eigenvalue weighted by molar-refractivity contribution is 0.0698. The molecular weight excluding hydrogens is 162 g/mol. The van der Waals surface area contributed by atoms with Crippen LogP contribution in [0.25, 0.3) is 0 Å². The summed E-state index contributed by atoms with van der Waals surface area (Å²) in [6.45, 7) is 1.58. The van der Waals surface area contributed by atoms with Crippen LogP contribution in [0.5, 0.6) is 0 Å². The van der Waals surface area contributed by atoms with Crippen LogP contribution in [0.3, 0.4) is 0 Å². The summed E-state index contributed by atoms with van der Waals surface area (Å²) in [6, 6.07) is 0. The van der Waals surface area contributed by atoms with Crippen LogP contribution in [-0.2, 0) is 0 Å². The molecule has 0 spiro atoms. The highest BCUT2D eigenvalue weighted by atomic mass is 16.3. The number of aliphatic hydroxyl groups excluding tert-OH is 3. The number of hydrogen-bond donors (Lipinski definition) is 6. The fraction of sp³-hybridized carbons (Fsp3) is 1.00. The second kappa shape index (κ2) is 8.85. The van der Waals surface area contributed by atoms with E-state index in [0.717, 1.165) is 6.54 Å². The molecule has 0 heterocycles. The first-order chi connectivity index (χ1) is 5.60. The second-order valence-electron chi connectivity index (χ2n) is 2.39. The highest BCUT2D eigenvalue weighted by molar-refractivity contribution is 4.80. The van der Waals surface area contributed by atoms with Crippen molar-refractivity contribution in [3.05, 3.63) is 0 Å². The van der Waals surface area contributed by atoms with Gasteiger partial charge in [-0.25, -0.2) is 0 Å². The smallest absolute Gasteiger partial charge is 0.0856 e. The molecule has 0 amide bonds. The molecule has 8 N–H and O–H groups in total. The normalized spacial score (nSPS) is 10.5. The van der Waals surface area contributed by atoms with E-state index >= 15 is 0 Å². The number of aliphatic hydroxyl groups is 3. The molecule has 76 valence electrons. The van der Waals surface area contributed by atoms with Crippen LogP contribution in [0.1, 0.15) is 6.92 Å². The number of hydrogen-bond acceptors (Lipinski definition) is 6. The predicted octanol–water partition coefficient (Wildman–Crippen LogP) is -2.87. The van der Waals surface area contributed by atoms with Crippen molar-refractivity contribution in [1.29, 1.82) is 0 Å². The first-order valence-electron chi connectivity index (χ1n) is 3.65. The van der Waals surface area contributed by atoms with Gasteiger partial charge in [0, 0.05) is 6.54 Å². The summed E-state index contributed by atoms with van der Waals surface area (Å²) in [5, 5.41) is 25.0. The quantitative estimate of drug-likeness (QED) is 0.204. The molecule has 0 aliphatic carbocycles. The van der Waals surface area contributed by atoms with Gasteiger partial charge in [-0.05, 0) is 0 Å². The van der Waals surface area contributed by atoms with E-state index in [2.05, 4.69) is 5.43 Å². The third kappa shape index (κ3) is 7.86. The van der Waals surface area contributed by atoms with Gasteiger partial charge in [0.1, 0.15) is 0 Å². The molecule has 0 fully saturated rings. The third-order valence-corrected chi connectivity index (χ3v) is 1.15. The van der Waals surface area contributed by atoms with Crippen LogP contribution >= 0.6 is 0 Å². The molecule has 0 aliphatic heterocycles. The molecule has 0 saturated carbocycles. The Morgan fingerprint density at radius 3 is 1.42 bits per heavy atom. The maximum atomic E-state index is 8.34. The van der Waals surface area contributed by atoms with E-state index in [9.17, 15) is 0 Å². The molecule has 6 nitrogen and oxygen atoms in total. The van der Waals surface area contributed by atoms with Crippen molar-refractivity contribution in [3.8, 4) is 0 Å². The average molecular weight is 181 g/mol. The van der Waals surface area contributed by atoms with Crippen LogP contribution in [0.15, 0.2) is 0 Å². The molecule has 0 aromatic carbocycles. The molecule has 6 heteroatoms. The van der Waals surface area contributed by atoms with Crippen molar-refractivity contribution in [3.63, 3.8) is 0 Å². The largest absolute Gasteiger partial charge is 0.394 e. The summed E-state index contributed by atoms with van der Waals surface area (Å²) in [4.78, 5) is 0. The summed E-state index contributed by atoms with van der Waals surface area (Å²) in [7, 11) is 0. The van der Waals surface area contributed by atoms with Gasteiger partial charge >= 0.3 is 0 Å². The number of nitrogens with one attached hydrogen (secondary N) is 1. The van der Waals surface area contributed by atoms with E-state index in [4.69, 9.17) is 26.9 Å². The zero-order valence-electron chi connectivity index (χ0n) is 7.32. The van der Waals surface area contributed by atoms with Gasteiger partial charge in [0.15, 0.2) is 0 Å². The Balaban J connectivity index is 0. The monoisotopic (exact) mass is 181 g/mol. The zero-order valence-corrected chi connectivity index (χ0v) is 7.32. The number of rotatable bonds is 4. The minimum Gasteiger partial charge on any atom is -0.394 e. The van der Waals surface area contributed by atoms with Gasteiger partial charge in [-0.1, -0.05) is 6.92 Å². The standard InChI is InChI=1S/C4H11NO3.C2H8N2/c5-4(1-6,2-7)3-8;1-2-4-3/h6-8H,1-3,5H2;4H,2-3H2,1H3. The maximum Gasteiger partial charge on any atom is 0.0856 e. The highest BCUT2D eigenvalue weighted by Gasteiger charge is 2.20. The lowest BCUT2D eigenvalue weighted by atomic mass is 10.1. The highest BCUT2D eigenvalue weighted by Crippen LogP contribution is 1.93. The van der Waals surface area contributed by atoms with Crippen LogP contribution in [0, 0.1) is 0 Å². The minimum atomic E-state index is -1.21. The van der Waals surface area contributed by atoms with Crippen molar-refractivity contribution in [1.82, 2.24) is 5.43 Å². The molecule has 12 heavy (non-hydrogen) atoms. The van der Waals surface area contributed by atoms with E-state index in [-0.39, 0.29) is 0 Å². The van der Waals surface area contributed by atoms with Crippen LogP contribution in [0.2, 0.25) is 0 Å². The number of nitrogens with two attached hydrogens (primary N) is 2. The summed E-state index contributed by atoms with van der Waals surface area (Å²) in [5.41, 5.74) is 6.37. The van der Waals surface area contributed by atoms with Gasteiger partial charge in [0.25, 0.3) is 0 Å². The molecule has 0 rings (SSSR count). The molecule has 0 aliphatic rings. The van der Waals surface area contributed by atoms with Crippen molar-refractivity contribution < 1.29 is 15.3 Å². The molecule has 0 bridgehead atoms. The fourth-order valence-corrected chi connectivity index (χ4v) is 0.150. The van der Waals surface area contributed by atoms with Crippen LogP contribution < -0.4 is 17.0 Å². The Kier molecular flexibility index (Phi) is 10.5. The molecule has 0 aromatic heterocycles. The van der Waals surface area contributed by atoms with E-state index in [1.165, 1.54) is 0 Å². The van der Waals surface area contributed by atoms with Gasteiger partial charge in [-0.2, -0.15) is 0 Å². The lowest BCUT2D eigenvalue weighted by Gasteiger charge is -2.20. The van der Waals surface area contributed by atoms with Gasteiger partial charge in [0.05, 0.1) is 25.4 Å². The summed E-state index contributed by atoms with van der Waals surface area (Å²) in [5.74, 6) is 4.78. The van der Waals surface area contributed by atoms with E-state index in [1.54, 1.807) is 0 Å². The molecule has 0 atom stereocenters. The molecule has 0 saturated heterocycles. The Morgan fingerprint density at radius 1 is 1.17 bits per heavy atom. The van der Waals surface area contributed by atoms with Gasteiger partial charge in [0.2, 0.25) is 0 Å². The first-order valence-corrected chi connectivity index (χ1v) is 3.65. The summed E-state index contributed by atoms with van der Waals surface area (Å²) >= 11 is 0. The van der Waals surface area contributed by atoms with Crippen LogP contribution in [0.4, 0.5) is 0 Å². The summed E-state index contributed by atoms with van der Waals surface area (Å²) in [6.07, 6.45) is 0. The van der Waals surface area contributed by atoms with Gasteiger partial charge < -0.3 is 21.1 Å². The summed E-state index contributed by atoms with van der Waals surface area (Å²) < 4.78 is 0. The Bertz CT molecular complexity index is 77.8. The van der Waals surface area contributed by atoms with Crippen molar-refractivity contribution in [2.75, 3.05) is 26.4 Å². The van der Waals surface area contributed by atoms with Gasteiger partial charge in [-0.15, -0.1) is 0 Å². The van der Waals surface area contributed by atoms with E-state index < -0.39 is 25.4 Å². The lowest BCUT2D eigenvalue weighted by Crippen LogP contribution is -2.50. The minimum absolute atomic E-state index is 0.403. The first kappa shape index (κ1) is 14.3. The Hall–Kier alpha value is -0.240. The van der Waals surface area contributed by atoms with Crippen molar-refractivity contribution in [2.45, 2.75) is 12.5 Å². The SMILES string of the molecule is CCNN.NC(CO)(CO)CO.